The Morgan fingerprint density at radius 1 is 1.24 bits per heavy atom. The molecule has 1 aromatic carbocycles. The van der Waals surface area contributed by atoms with Crippen molar-refractivity contribution in [3.63, 3.8) is 0 Å². The maximum atomic E-state index is 12.2. The average molecular weight is 339 g/mol. The summed E-state index contributed by atoms with van der Waals surface area (Å²) in [5.41, 5.74) is 1.96. The lowest BCUT2D eigenvalue weighted by Crippen LogP contribution is -2.45. The molecule has 1 fully saturated rings. The molecule has 1 saturated heterocycles. The van der Waals surface area contributed by atoms with Gasteiger partial charge in [-0.15, -0.1) is 0 Å². The predicted octanol–water partition coefficient (Wildman–Crippen LogP) is 3.31. The second kappa shape index (κ2) is 8.74. The van der Waals surface area contributed by atoms with Crippen molar-refractivity contribution in [2.24, 2.45) is 0 Å². The summed E-state index contributed by atoms with van der Waals surface area (Å²) in [6, 6.07) is 13.8. The first kappa shape index (κ1) is 17.6. The Balaban J connectivity index is 1.55. The Bertz CT molecular complexity index is 663. The van der Waals surface area contributed by atoms with Crippen molar-refractivity contribution in [3.05, 3.63) is 60.4 Å². The van der Waals surface area contributed by atoms with Gasteiger partial charge in [-0.1, -0.05) is 18.2 Å². The Kier molecular flexibility index (Phi) is 6.14. The summed E-state index contributed by atoms with van der Waals surface area (Å²) in [5, 5.41) is 6.51. The highest BCUT2D eigenvalue weighted by molar-refractivity contribution is 5.91. The lowest BCUT2D eigenvalue weighted by Gasteiger charge is -2.34. The van der Waals surface area contributed by atoms with Gasteiger partial charge in [-0.05, 0) is 49.6 Å². The van der Waals surface area contributed by atoms with Crippen LogP contribution in [0.1, 0.15) is 37.9 Å². The van der Waals surface area contributed by atoms with E-state index in [2.05, 4.69) is 15.6 Å². The summed E-state index contributed by atoms with van der Waals surface area (Å²) in [6.07, 6.45) is 6.09. The number of hydrogen-bond donors (Lipinski definition) is 2. The first-order chi connectivity index (χ1) is 12.2. The molecule has 1 aliphatic heterocycles. The van der Waals surface area contributed by atoms with Crippen LogP contribution in [0.5, 0.6) is 0 Å². The first-order valence-electron chi connectivity index (χ1n) is 8.85. The molecule has 3 atom stereocenters. The molecular weight excluding hydrogens is 314 g/mol. The van der Waals surface area contributed by atoms with Crippen LogP contribution in [0, 0.1) is 0 Å². The molecular formula is C20H25N3O2. The van der Waals surface area contributed by atoms with Gasteiger partial charge in [0, 0.05) is 43.2 Å². The molecule has 25 heavy (non-hydrogen) atoms. The van der Waals surface area contributed by atoms with Crippen LogP contribution in [0.3, 0.4) is 0 Å². The molecule has 0 bridgehead atoms. The van der Waals surface area contributed by atoms with Crippen LogP contribution in [0.25, 0.3) is 0 Å². The SMILES string of the molecule is C[C@@H](CC(=O)Nc1ccccc1)N[C@H]1CCCO[C@@H]1c1ccncc1. The van der Waals surface area contributed by atoms with E-state index in [9.17, 15) is 4.79 Å². The standard InChI is InChI=1S/C20H25N3O2/c1-15(14-19(24)23-17-6-3-2-4-7-17)22-18-8-5-13-25-20(18)16-9-11-21-12-10-16/h2-4,6-7,9-12,15,18,20,22H,5,8,13-14H2,1H3,(H,23,24)/t15-,18-,20+/m0/s1. The summed E-state index contributed by atoms with van der Waals surface area (Å²) in [5.74, 6) is 0.0170. The molecule has 2 heterocycles. The van der Waals surface area contributed by atoms with E-state index >= 15 is 0 Å². The van der Waals surface area contributed by atoms with Gasteiger partial charge in [0.2, 0.25) is 5.91 Å². The summed E-state index contributed by atoms with van der Waals surface area (Å²) in [7, 11) is 0. The van der Waals surface area contributed by atoms with E-state index in [-0.39, 0.29) is 24.1 Å². The van der Waals surface area contributed by atoms with Gasteiger partial charge in [-0.2, -0.15) is 0 Å². The molecule has 5 heteroatoms. The zero-order valence-electron chi connectivity index (χ0n) is 14.5. The molecule has 2 N–H and O–H groups in total. The van der Waals surface area contributed by atoms with Crippen molar-refractivity contribution in [1.82, 2.24) is 10.3 Å². The fourth-order valence-electron chi connectivity index (χ4n) is 3.27. The van der Waals surface area contributed by atoms with Gasteiger partial charge in [0.15, 0.2) is 0 Å². The third-order valence-corrected chi connectivity index (χ3v) is 4.40. The van der Waals surface area contributed by atoms with Gasteiger partial charge >= 0.3 is 0 Å². The van der Waals surface area contributed by atoms with Crippen molar-refractivity contribution < 1.29 is 9.53 Å². The fraction of sp³-hybridized carbons (Fsp3) is 0.400. The van der Waals surface area contributed by atoms with Crippen molar-refractivity contribution in [3.8, 4) is 0 Å². The number of amides is 1. The number of pyridine rings is 1. The molecule has 0 aliphatic carbocycles. The van der Waals surface area contributed by atoms with Gasteiger partial charge in [-0.25, -0.2) is 0 Å². The molecule has 1 amide bonds. The largest absolute Gasteiger partial charge is 0.372 e. The van der Waals surface area contributed by atoms with Crippen molar-refractivity contribution in [2.75, 3.05) is 11.9 Å². The van der Waals surface area contributed by atoms with Crippen molar-refractivity contribution in [2.45, 2.75) is 44.4 Å². The van der Waals surface area contributed by atoms with Gasteiger partial charge in [0.05, 0.1) is 6.10 Å². The van der Waals surface area contributed by atoms with E-state index in [0.29, 0.717) is 6.42 Å². The smallest absolute Gasteiger partial charge is 0.225 e. The molecule has 132 valence electrons. The number of benzene rings is 1. The number of para-hydroxylation sites is 1. The van der Waals surface area contributed by atoms with Gasteiger partial charge < -0.3 is 15.4 Å². The fourth-order valence-corrected chi connectivity index (χ4v) is 3.27. The van der Waals surface area contributed by atoms with Crippen LogP contribution >= 0.6 is 0 Å². The molecule has 0 saturated carbocycles. The van der Waals surface area contributed by atoms with Crippen molar-refractivity contribution >= 4 is 11.6 Å². The zero-order chi connectivity index (χ0) is 17.5. The molecule has 0 spiro atoms. The highest BCUT2D eigenvalue weighted by Gasteiger charge is 2.28. The third kappa shape index (κ3) is 5.11. The van der Waals surface area contributed by atoms with E-state index in [1.165, 1.54) is 0 Å². The summed E-state index contributed by atoms with van der Waals surface area (Å²) >= 11 is 0. The molecule has 1 aliphatic rings. The number of hydrogen-bond acceptors (Lipinski definition) is 4. The normalized spacial score (nSPS) is 21.5. The lowest BCUT2D eigenvalue weighted by molar-refractivity contribution is -0.116. The van der Waals surface area contributed by atoms with E-state index < -0.39 is 0 Å². The van der Waals surface area contributed by atoms with Crippen LogP contribution in [-0.4, -0.2) is 29.6 Å². The number of rotatable bonds is 6. The zero-order valence-corrected chi connectivity index (χ0v) is 14.5. The summed E-state index contributed by atoms with van der Waals surface area (Å²) in [6.45, 7) is 2.82. The van der Waals surface area contributed by atoms with E-state index in [1.54, 1.807) is 12.4 Å². The molecule has 1 aromatic heterocycles. The minimum Gasteiger partial charge on any atom is -0.372 e. The van der Waals surface area contributed by atoms with Crippen LogP contribution in [-0.2, 0) is 9.53 Å². The molecule has 2 aromatic rings. The summed E-state index contributed by atoms with van der Waals surface area (Å²) in [4.78, 5) is 16.3. The van der Waals surface area contributed by atoms with Gasteiger partial charge in [0.25, 0.3) is 0 Å². The number of anilines is 1. The Hall–Kier alpha value is -2.24. The molecule has 0 radical (unpaired) electrons. The Labute approximate surface area is 148 Å². The number of nitrogens with zero attached hydrogens (tertiary/aromatic N) is 1. The minimum atomic E-state index is 0.0105. The second-order valence-corrected chi connectivity index (χ2v) is 6.51. The van der Waals surface area contributed by atoms with Crippen LogP contribution in [0.15, 0.2) is 54.9 Å². The second-order valence-electron chi connectivity index (χ2n) is 6.51. The number of ether oxygens (including phenoxy) is 1. The maximum Gasteiger partial charge on any atom is 0.225 e. The monoisotopic (exact) mass is 339 g/mol. The topological polar surface area (TPSA) is 63.2 Å². The van der Waals surface area contributed by atoms with E-state index in [0.717, 1.165) is 30.7 Å². The number of aromatic nitrogens is 1. The highest BCUT2D eigenvalue weighted by Crippen LogP contribution is 2.28. The van der Waals surface area contributed by atoms with E-state index in [1.807, 2.05) is 49.4 Å². The van der Waals surface area contributed by atoms with Crippen LogP contribution < -0.4 is 10.6 Å². The highest BCUT2D eigenvalue weighted by atomic mass is 16.5. The number of carbonyl (C=O) groups is 1. The average Bonchev–Trinajstić information content (AvgIpc) is 2.63. The maximum absolute atomic E-state index is 12.2. The van der Waals surface area contributed by atoms with Crippen LogP contribution in [0.2, 0.25) is 0 Å². The third-order valence-electron chi connectivity index (χ3n) is 4.40. The summed E-state index contributed by atoms with van der Waals surface area (Å²) < 4.78 is 5.99. The Morgan fingerprint density at radius 2 is 2.00 bits per heavy atom. The van der Waals surface area contributed by atoms with E-state index in [4.69, 9.17) is 4.74 Å². The van der Waals surface area contributed by atoms with Gasteiger partial charge in [-0.3, -0.25) is 9.78 Å². The first-order valence-corrected chi connectivity index (χ1v) is 8.85. The Morgan fingerprint density at radius 3 is 2.76 bits per heavy atom. The molecule has 0 unspecified atom stereocenters. The molecule has 5 nitrogen and oxygen atoms in total. The quantitative estimate of drug-likeness (QED) is 0.847. The van der Waals surface area contributed by atoms with Crippen molar-refractivity contribution in [1.29, 1.82) is 0 Å². The number of nitrogens with one attached hydrogen (secondary N) is 2. The number of carbonyl (C=O) groups excluding carboxylic acids is 1. The predicted molar refractivity (Wildman–Crippen MR) is 98.2 cm³/mol. The lowest BCUT2D eigenvalue weighted by atomic mass is 9.95. The van der Waals surface area contributed by atoms with Crippen LogP contribution in [0.4, 0.5) is 5.69 Å². The van der Waals surface area contributed by atoms with Gasteiger partial charge in [0.1, 0.15) is 0 Å². The molecule has 3 rings (SSSR count). The minimum absolute atomic E-state index is 0.0105.